The summed E-state index contributed by atoms with van der Waals surface area (Å²) in [5.74, 6) is -2.09. The third kappa shape index (κ3) is 2.24. The number of hydrogen-bond acceptors (Lipinski definition) is 1. The molecule has 0 aliphatic carbocycles. The van der Waals surface area contributed by atoms with E-state index in [0.717, 1.165) is 18.2 Å². The number of aliphatic hydroxyl groups is 1. The second-order valence-corrected chi connectivity index (χ2v) is 4.05. The summed E-state index contributed by atoms with van der Waals surface area (Å²) in [4.78, 5) is 0. The standard InChI is InChI=1S/C14H11F3O/c1-8-7-9(5-6-10(8)15)14(18)13-11(16)3-2-4-12(13)17/h2-7,14,18H,1H3. The fourth-order valence-corrected chi connectivity index (χ4v) is 1.78. The predicted octanol–water partition coefficient (Wildman–Crippen LogP) is 3.49. The third-order valence-corrected chi connectivity index (χ3v) is 2.77. The lowest BCUT2D eigenvalue weighted by Crippen LogP contribution is -2.06. The van der Waals surface area contributed by atoms with E-state index in [-0.39, 0.29) is 5.56 Å². The lowest BCUT2D eigenvalue weighted by molar-refractivity contribution is 0.209. The highest BCUT2D eigenvalue weighted by atomic mass is 19.1. The van der Waals surface area contributed by atoms with Gasteiger partial charge in [-0.15, -0.1) is 0 Å². The van der Waals surface area contributed by atoms with Crippen molar-refractivity contribution in [3.8, 4) is 0 Å². The molecule has 0 aromatic heterocycles. The van der Waals surface area contributed by atoms with Crippen molar-refractivity contribution >= 4 is 0 Å². The highest BCUT2D eigenvalue weighted by Crippen LogP contribution is 2.27. The van der Waals surface area contributed by atoms with Gasteiger partial charge in [-0.05, 0) is 36.2 Å². The van der Waals surface area contributed by atoms with Crippen molar-refractivity contribution in [3.63, 3.8) is 0 Å². The Hall–Kier alpha value is -1.81. The molecular weight excluding hydrogens is 241 g/mol. The van der Waals surface area contributed by atoms with Crippen LogP contribution >= 0.6 is 0 Å². The average Bonchev–Trinajstić information content (AvgIpc) is 2.32. The van der Waals surface area contributed by atoms with Crippen LogP contribution in [0.3, 0.4) is 0 Å². The molecule has 0 radical (unpaired) electrons. The number of aliphatic hydroxyl groups excluding tert-OH is 1. The molecule has 1 unspecified atom stereocenters. The van der Waals surface area contributed by atoms with Crippen LogP contribution in [0, 0.1) is 24.4 Å². The van der Waals surface area contributed by atoms with E-state index >= 15 is 0 Å². The number of rotatable bonds is 2. The molecule has 0 aliphatic heterocycles. The van der Waals surface area contributed by atoms with Crippen molar-refractivity contribution in [2.75, 3.05) is 0 Å². The first-order chi connectivity index (χ1) is 8.50. The number of halogens is 3. The van der Waals surface area contributed by atoms with E-state index in [0.29, 0.717) is 5.56 Å². The maximum Gasteiger partial charge on any atom is 0.132 e. The first kappa shape index (κ1) is 12.6. The van der Waals surface area contributed by atoms with Crippen molar-refractivity contribution < 1.29 is 18.3 Å². The molecule has 0 amide bonds. The zero-order chi connectivity index (χ0) is 13.3. The van der Waals surface area contributed by atoms with Gasteiger partial charge in [0.15, 0.2) is 0 Å². The van der Waals surface area contributed by atoms with E-state index in [1.165, 1.54) is 25.1 Å². The van der Waals surface area contributed by atoms with E-state index in [2.05, 4.69) is 0 Å². The minimum absolute atomic E-state index is 0.248. The average molecular weight is 252 g/mol. The summed E-state index contributed by atoms with van der Waals surface area (Å²) in [6, 6.07) is 7.18. The van der Waals surface area contributed by atoms with Crippen LogP contribution in [0.2, 0.25) is 0 Å². The second kappa shape index (κ2) is 4.82. The van der Waals surface area contributed by atoms with E-state index in [1.807, 2.05) is 0 Å². The van der Waals surface area contributed by atoms with Crippen LogP contribution in [0.15, 0.2) is 36.4 Å². The van der Waals surface area contributed by atoms with Crippen LogP contribution in [0.5, 0.6) is 0 Å². The minimum atomic E-state index is -1.45. The van der Waals surface area contributed by atoms with Gasteiger partial charge in [-0.3, -0.25) is 0 Å². The molecule has 18 heavy (non-hydrogen) atoms. The maximum absolute atomic E-state index is 13.5. The first-order valence-corrected chi connectivity index (χ1v) is 5.38. The lowest BCUT2D eigenvalue weighted by Gasteiger charge is -2.14. The molecule has 2 aromatic rings. The molecule has 1 atom stereocenters. The van der Waals surface area contributed by atoms with Gasteiger partial charge in [-0.1, -0.05) is 18.2 Å². The smallest absolute Gasteiger partial charge is 0.132 e. The Balaban J connectivity index is 2.48. The van der Waals surface area contributed by atoms with Crippen LogP contribution in [-0.4, -0.2) is 5.11 Å². The zero-order valence-electron chi connectivity index (χ0n) is 9.62. The Labute approximate surface area is 103 Å². The minimum Gasteiger partial charge on any atom is -0.383 e. The van der Waals surface area contributed by atoms with Gasteiger partial charge < -0.3 is 5.11 Å². The van der Waals surface area contributed by atoms with E-state index < -0.39 is 29.1 Å². The lowest BCUT2D eigenvalue weighted by atomic mass is 9.99. The van der Waals surface area contributed by atoms with Crippen LogP contribution in [0.25, 0.3) is 0 Å². The fourth-order valence-electron chi connectivity index (χ4n) is 1.78. The van der Waals surface area contributed by atoms with Gasteiger partial charge in [-0.25, -0.2) is 13.2 Å². The quantitative estimate of drug-likeness (QED) is 0.867. The Bertz CT molecular complexity index is 561. The summed E-state index contributed by atoms with van der Waals surface area (Å²) < 4.78 is 40.1. The van der Waals surface area contributed by atoms with E-state index in [4.69, 9.17) is 0 Å². The normalized spacial score (nSPS) is 12.5. The van der Waals surface area contributed by atoms with Gasteiger partial charge in [-0.2, -0.15) is 0 Å². The van der Waals surface area contributed by atoms with Crippen LogP contribution in [0.1, 0.15) is 22.8 Å². The number of benzene rings is 2. The Morgan fingerprint density at radius 2 is 1.56 bits per heavy atom. The molecule has 0 saturated carbocycles. The zero-order valence-corrected chi connectivity index (χ0v) is 9.62. The van der Waals surface area contributed by atoms with Crippen LogP contribution in [-0.2, 0) is 0 Å². The molecule has 2 rings (SSSR count). The topological polar surface area (TPSA) is 20.2 Å². The van der Waals surface area contributed by atoms with Gasteiger partial charge in [0.2, 0.25) is 0 Å². The molecule has 0 aliphatic rings. The molecular formula is C14H11F3O. The molecule has 0 bridgehead atoms. The third-order valence-electron chi connectivity index (χ3n) is 2.77. The van der Waals surface area contributed by atoms with Crippen molar-refractivity contribution in [1.29, 1.82) is 0 Å². The van der Waals surface area contributed by atoms with Gasteiger partial charge in [0, 0.05) is 0 Å². The van der Waals surface area contributed by atoms with E-state index in [9.17, 15) is 18.3 Å². The van der Waals surface area contributed by atoms with Gasteiger partial charge in [0.1, 0.15) is 23.6 Å². The van der Waals surface area contributed by atoms with E-state index in [1.54, 1.807) is 0 Å². The SMILES string of the molecule is Cc1cc(C(O)c2c(F)cccc2F)ccc1F. The van der Waals surface area contributed by atoms with Crippen molar-refractivity contribution in [3.05, 3.63) is 70.5 Å². The summed E-state index contributed by atoms with van der Waals surface area (Å²) in [5.41, 5.74) is 0.129. The van der Waals surface area contributed by atoms with Crippen LogP contribution < -0.4 is 0 Å². The molecule has 0 heterocycles. The number of aryl methyl sites for hydroxylation is 1. The summed E-state index contributed by atoms with van der Waals surface area (Å²) in [6.07, 6.45) is -1.45. The van der Waals surface area contributed by atoms with Crippen molar-refractivity contribution in [2.24, 2.45) is 0 Å². The molecule has 0 saturated heterocycles. The Kier molecular flexibility index (Phi) is 3.39. The number of hydrogen-bond donors (Lipinski definition) is 1. The molecule has 94 valence electrons. The van der Waals surface area contributed by atoms with Crippen molar-refractivity contribution in [2.45, 2.75) is 13.0 Å². The summed E-state index contributed by atoms with van der Waals surface area (Å²) in [6.45, 7) is 1.52. The van der Waals surface area contributed by atoms with Crippen LogP contribution in [0.4, 0.5) is 13.2 Å². The molecule has 4 heteroatoms. The highest BCUT2D eigenvalue weighted by Gasteiger charge is 2.19. The van der Waals surface area contributed by atoms with Gasteiger partial charge >= 0.3 is 0 Å². The molecule has 2 aromatic carbocycles. The van der Waals surface area contributed by atoms with Gasteiger partial charge in [0.05, 0.1) is 5.56 Å². The second-order valence-electron chi connectivity index (χ2n) is 4.05. The Morgan fingerprint density at radius 1 is 0.944 bits per heavy atom. The maximum atomic E-state index is 13.5. The Morgan fingerprint density at radius 3 is 2.11 bits per heavy atom. The monoisotopic (exact) mass is 252 g/mol. The summed E-state index contributed by atoms with van der Waals surface area (Å²) in [5, 5.41) is 9.97. The first-order valence-electron chi connectivity index (χ1n) is 5.38. The predicted molar refractivity (Wildman–Crippen MR) is 61.6 cm³/mol. The fraction of sp³-hybridized carbons (Fsp3) is 0.143. The highest BCUT2D eigenvalue weighted by molar-refractivity contribution is 5.34. The largest absolute Gasteiger partial charge is 0.383 e. The molecule has 0 fully saturated rings. The van der Waals surface area contributed by atoms with Gasteiger partial charge in [0.25, 0.3) is 0 Å². The van der Waals surface area contributed by atoms with Crippen molar-refractivity contribution in [1.82, 2.24) is 0 Å². The molecule has 0 spiro atoms. The molecule has 1 N–H and O–H groups in total. The summed E-state index contributed by atoms with van der Waals surface area (Å²) >= 11 is 0. The molecule has 1 nitrogen and oxygen atoms in total. The summed E-state index contributed by atoms with van der Waals surface area (Å²) in [7, 11) is 0.